The van der Waals surface area contributed by atoms with Gasteiger partial charge < -0.3 is 4.74 Å². The Morgan fingerprint density at radius 2 is 1.79 bits per heavy atom. The van der Waals surface area contributed by atoms with Gasteiger partial charge in [0.05, 0.1) is 22.2 Å². The molecule has 1 aliphatic rings. The third-order valence-electron chi connectivity index (χ3n) is 6.34. The van der Waals surface area contributed by atoms with Crippen LogP contribution < -0.4 is 4.74 Å². The Balaban J connectivity index is 1.57. The van der Waals surface area contributed by atoms with Crippen LogP contribution in [0.15, 0.2) is 64.4 Å². The molecule has 0 N–H and O–H groups in total. The molecule has 4 nitrogen and oxygen atoms in total. The maximum atomic E-state index is 13.2. The molecule has 3 aromatic rings. The highest BCUT2D eigenvalue weighted by Crippen LogP contribution is 2.40. The van der Waals surface area contributed by atoms with Gasteiger partial charge in [-0.25, -0.2) is 0 Å². The molecular formula is C27H31ClN2O2S. The topological polar surface area (TPSA) is 44.1 Å². The molecule has 0 amide bonds. The maximum absolute atomic E-state index is 13.2. The van der Waals surface area contributed by atoms with Gasteiger partial charge in [0.15, 0.2) is 0 Å². The van der Waals surface area contributed by atoms with Crippen LogP contribution in [0.4, 0.5) is 0 Å². The van der Waals surface area contributed by atoms with E-state index in [1.54, 1.807) is 16.4 Å². The zero-order valence-corrected chi connectivity index (χ0v) is 20.9. The fourth-order valence-corrected chi connectivity index (χ4v) is 5.46. The van der Waals surface area contributed by atoms with Gasteiger partial charge in [0.2, 0.25) is 5.88 Å². The summed E-state index contributed by atoms with van der Waals surface area (Å²) >= 11 is 7.60. The van der Waals surface area contributed by atoms with E-state index in [2.05, 4.69) is 6.92 Å². The van der Waals surface area contributed by atoms with Crippen molar-refractivity contribution in [3.05, 3.63) is 65.3 Å². The minimum Gasteiger partial charge on any atom is -0.406 e. The molecule has 1 aromatic heterocycles. The van der Waals surface area contributed by atoms with Crippen molar-refractivity contribution < 1.29 is 9.53 Å². The highest BCUT2D eigenvalue weighted by molar-refractivity contribution is 7.99. The van der Waals surface area contributed by atoms with E-state index in [0.717, 1.165) is 52.8 Å². The van der Waals surface area contributed by atoms with Crippen molar-refractivity contribution in [1.82, 2.24) is 9.78 Å². The fraction of sp³-hybridized carbons (Fsp3) is 0.407. The van der Waals surface area contributed by atoms with E-state index < -0.39 is 0 Å². The van der Waals surface area contributed by atoms with E-state index in [-0.39, 0.29) is 11.9 Å². The standard InChI is InChI=1S/C27H31ClN2O2S/c1-3-4-8-20-11-13-21(14-12-20)27(31)32-26-25(33-24-17-15-22(28)16-18-24)19(2)29-30(26)23-9-6-5-7-10-23/h5-7,9-10,15-18,20-21H,3-4,8,11-14H2,1-2H3. The quantitative estimate of drug-likeness (QED) is 0.306. The first-order valence-corrected chi connectivity index (χ1v) is 13.0. The lowest BCUT2D eigenvalue weighted by molar-refractivity contribution is -0.140. The van der Waals surface area contributed by atoms with Gasteiger partial charge in [-0.2, -0.15) is 9.78 Å². The lowest BCUT2D eigenvalue weighted by atomic mass is 9.80. The fourth-order valence-electron chi connectivity index (χ4n) is 4.42. The van der Waals surface area contributed by atoms with Gasteiger partial charge in [-0.15, -0.1) is 0 Å². The van der Waals surface area contributed by atoms with Crippen LogP contribution in [0.2, 0.25) is 5.02 Å². The number of unbranched alkanes of at least 4 members (excludes halogenated alkanes) is 1. The van der Waals surface area contributed by atoms with Crippen molar-refractivity contribution in [3.63, 3.8) is 0 Å². The average Bonchev–Trinajstić information content (AvgIpc) is 3.14. The number of hydrogen-bond acceptors (Lipinski definition) is 4. The van der Waals surface area contributed by atoms with Gasteiger partial charge >= 0.3 is 5.97 Å². The first-order valence-electron chi connectivity index (χ1n) is 11.8. The number of carbonyl (C=O) groups excluding carboxylic acids is 1. The van der Waals surface area contributed by atoms with Crippen LogP contribution in [0.1, 0.15) is 57.6 Å². The number of hydrogen-bond donors (Lipinski definition) is 0. The number of ether oxygens (including phenoxy) is 1. The molecule has 6 heteroatoms. The van der Waals surface area contributed by atoms with Crippen LogP contribution in [0, 0.1) is 18.8 Å². The van der Waals surface area contributed by atoms with Crippen molar-refractivity contribution >= 4 is 29.3 Å². The summed E-state index contributed by atoms with van der Waals surface area (Å²) in [5, 5.41) is 5.42. The second-order valence-electron chi connectivity index (χ2n) is 8.80. The zero-order valence-electron chi connectivity index (χ0n) is 19.3. The van der Waals surface area contributed by atoms with E-state index in [4.69, 9.17) is 21.4 Å². The van der Waals surface area contributed by atoms with Gasteiger partial charge in [0.25, 0.3) is 0 Å². The molecule has 4 rings (SSSR count). The molecule has 0 aliphatic heterocycles. The number of nitrogens with zero attached hydrogens (tertiary/aromatic N) is 2. The van der Waals surface area contributed by atoms with Gasteiger partial charge in [0, 0.05) is 9.92 Å². The summed E-state index contributed by atoms with van der Waals surface area (Å²) in [6.45, 7) is 4.19. The predicted octanol–water partition coefficient (Wildman–Crippen LogP) is 7.89. The van der Waals surface area contributed by atoms with Crippen LogP contribution in [-0.2, 0) is 4.79 Å². The van der Waals surface area contributed by atoms with E-state index >= 15 is 0 Å². The summed E-state index contributed by atoms with van der Waals surface area (Å²) in [5.41, 5.74) is 1.69. The highest BCUT2D eigenvalue weighted by atomic mass is 35.5. The highest BCUT2D eigenvalue weighted by Gasteiger charge is 2.30. The molecule has 0 unspecified atom stereocenters. The van der Waals surface area contributed by atoms with E-state index in [0.29, 0.717) is 10.9 Å². The smallest absolute Gasteiger partial charge is 0.315 e. The Morgan fingerprint density at radius 3 is 2.45 bits per heavy atom. The SMILES string of the molecule is CCCCC1CCC(C(=O)Oc2c(Sc3ccc(Cl)cc3)c(C)nn2-c2ccccc2)CC1. The number of benzene rings is 2. The number of rotatable bonds is 8. The molecule has 0 atom stereocenters. The van der Waals surface area contributed by atoms with Crippen molar-refractivity contribution in [2.45, 2.75) is 68.6 Å². The van der Waals surface area contributed by atoms with Gasteiger partial charge in [0.1, 0.15) is 0 Å². The summed E-state index contributed by atoms with van der Waals surface area (Å²) < 4.78 is 7.87. The molecule has 1 saturated carbocycles. The van der Waals surface area contributed by atoms with Crippen molar-refractivity contribution in [2.24, 2.45) is 11.8 Å². The van der Waals surface area contributed by atoms with Crippen LogP contribution in [0.25, 0.3) is 5.69 Å². The molecule has 174 valence electrons. The summed E-state index contributed by atoms with van der Waals surface area (Å²) in [4.78, 5) is 15.1. The largest absolute Gasteiger partial charge is 0.406 e. The average molecular weight is 483 g/mol. The minimum atomic E-state index is -0.140. The third-order valence-corrected chi connectivity index (χ3v) is 7.78. The summed E-state index contributed by atoms with van der Waals surface area (Å²) in [6, 6.07) is 17.5. The second-order valence-corrected chi connectivity index (χ2v) is 10.3. The molecule has 1 heterocycles. The van der Waals surface area contributed by atoms with Gasteiger partial charge in [-0.3, -0.25) is 4.79 Å². The number of carbonyl (C=O) groups is 1. The normalized spacial score (nSPS) is 18.3. The van der Waals surface area contributed by atoms with Crippen LogP contribution in [-0.4, -0.2) is 15.7 Å². The predicted molar refractivity (Wildman–Crippen MR) is 134 cm³/mol. The molecule has 1 fully saturated rings. The molecule has 2 aromatic carbocycles. The Hall–Kier alpha value is -2.24. The Bertz CT molecular complexity index is 1060. The number of aryl methyl sites for hydroxylation is 1. The van der Waals surface area contributed by atoms with Crippen molar-refractivity contribution in [1.29, 1.82) is 0 Å². The first-order chi connectivity index (χ1) is 16.0. The van der Waals surface area contributed by atoms with E-state index in [1.807, 2.05) is 61.5 Å². The van der Waals surface area contributed by atoms with E-state index in [9.17, 15) is 4.79 Å². The number of halogens is 1. The minimum absolute atomic E-state index is 0.0457. The Kier molecular flexibility index (Phi) is 8.15. The molecular weight excluding hydrogens is 452 g/mol. The maximum Gasteiger partial charge on any atom is 0.315 e. The van der Waals surface area contributed by atoms with Crippen LogP contribution in [0.5, 0.6) is 5.88 Å². The van der Waals surface area contributed by atoms with E-state index in [1.165, 1.54) is 19.3 Å². The van der Waals surface area contributed by atoms with Gasteiger partial charge in [-0.05, 0) is 74.9 Å². The molecule has 0 spiro atoms. The summed E-state index contributed by atoms with van der Waals surface area (Å²) in [7, 11) is 0. The van der Waals surface area contributed by atoms with Crippen molar-refractivity contribution in [3.8, 4) is 11.6 Å². The monoisotopic (exact) mass is 482 g/mol. The lowest BCUT2D eigenvalue weighted by Gasteiger charge is -2.27. The van der Waals surface area contributed by atoms with Crippen LogP contribution >= 0.6 is 23.4 Å². The first kappa shape index (κ1) is 23.9. The number of esters is 1. The second kappa shape index (κ2) is 11.3. The molecule has 0 saturated heterocycles. The zero-order chi connectivity index (χ0) is 23.2. The molecule has 33 heavy (non-hydrogen) atoms. The molecule has 0 bridgehead atoms. The third kappa shape index (κ3) is 6.01. The summed E-state index contributed by atoms with van der Waals surface area (Å²) in [5.74, 6) is 1.06. The van der Waals surface area contributed by atoms with Gasteiger partial charge in [-0.1, -0.05) is 67.7 Å². The lowest BCUT2D eigenvalue weighted by Crippen LogP contribution is -2.26. The number of para-hydroxylation sites is 1. The summed E-state index contributed by atoms with van der Waals surface area (Å²) in [6.07, 6.45) is 7.84. The Labute approximate surface area is 205 Å². The van der Waals surface area contributed by atoms with Crippen molar-refractivity contribution in [2.75, 3.05) is 0 Å². The van der Waals surface area contributed by atoms with Crippen LogP contribution in [0.3, 0.4) is 0 Å². The number of aromatic nitrogens is 2. The molecule has 0 radical (unpaired) electrons. The Morgan fingerprint density at radius 1 is 1.09 bits per heavy atom. The molecule has 1 aliphatic carbocycles.